The predicted octanol–water partition coefficient (Wildman–Crippen LogP) is 5.08. The van der Waals surface area contributed by atoms with Crippen LogP contribution in [0.4, 0.5) is 11.4 Å². The zero-order valence-corrected chi connectivity index (χ0v) is 21.5. The number of sulfonamides is 1. The lowest BCUT2D eigenvalue weighted by Gasteiger charge is -2.20. The van der Waals surface area contributed by atoms with E-state index in [1.54, 1.807) is 24.3 Å². The van der Waals surface area contributed by atoms with Crippen molar-refractivity contribution in [3.63, 3.8) is 0 Å². The predicted molar refractivity (Wildman–Crippen MR) is 150 cm³/mol. The molecule has 0 bridgehead atoms. The van der Waals surface area contributed by atoms with E-state index in [0.29, 0.717) is 18.7 Å². The number of nitrogens with zero attached hydrogens (tertiary/aromatic N) is 1. The highest BCUT2D eigenvalue weighted by molar-refractivity contribution is 7.92. The third-order valence-corrected chi connectivity index (χ3v) is 8.34. The van der Waals surface area contributed by atoms with Crippen LogP contribution in [0.2, 0.25) is 0 Å². The van der Waals surface area contributed by atoms with Gasteiger partial charge < -0.3 is 10.6 Å². The van der Waals surface area contributed by atoms with E-state index in [1.807, 2.05) is 84.9 Å². The van der Waals surface area contributed by atoms with Gasteiger partial charge in [-0.3, -0.25) is 9.10 Å². The zero-order chi connectivity index (χ0) is 25.8. The van der Waals surface area contributed by atoms with E-state index in [4.69, 9.17) is 12.2 Å². The number of thiocarbonyl (C=S) groups is 1. The number of fused-ring (bicyclic) bond motifs is 1. The highest BCUT2D eigenvalue weighted by Crippen LogP contribution is 2.33. The molecule has 4 aromatic carbocycles. The lowest BCUT2D eigenvalue weighted by atomic mass is 9.90. The van der Waals surface area contributed by atoms with Crippen LogP contribution in [0.1, 0.15) is 22.6 Å². The lowest BCUT2D eigenvalue weighted by molar-refractivity contribution is -0.120. The maximum atomic E-state index is 13.3. The fourth-order valence-electron chi connectivity index (χ4n) is 4.53. The van der Waals surface area contributed by atoms with Crippen molar-refractivity contribution in [1.82, 2.24) is 5.32 Å². The molecule has 0 aromatic heterocycles. The van der Waals surface area contributed by atoms with Crippen molar-refractivity contribution in [3.8, 4) is 0 Å². The summed E-state index contributed by atoms with van der Waals surface area (Å²) in [4.78, 5) is 13.4. The minimum atomic E-state index is -3.69. The molecule has 0 saturated carbocycles. The van der Waals surface area contributed by atoms with Crippen LogP contribution in [0.3, 0.4) is 0 Å². The number of rotatable bonds is 6. The summed E-state index contributed by atoms with van der Waals surface area (Å²) in [6, 6.07) is 32.9. The molecule has 0 unspecified atom stereocenters. The van der Waals surface area contributed by atoms with Gasteiger partial charge in [-0.05, 0) is 65.7 Å². The monoisotopic (exact) mass is 527 g/mol. The Morgan fingerprint density at radius 3 is 1.97 bits per heavy atom. The molecular formula is C29H25N3O3S2. The summed E-state index contributed by atoms with van der Waals surface area (Å²) in [5.74, 6) is -0.792. The van der Waals surface area contributed by atoms with Crippen LogP contribution in [0.5, 0.6) is 0 Å². The van der Waals surface area contributed by atoms with E-state index < -0.39 is 15.9 Å². The number of amides is 1. The summed E-state index contributed by atoms with van der Waals surface area (Å²) < 4.78 is 27.9. The van der Waals surface area contributed by atoms with E-state index >= 15 is 0 Å². The Kier molecular flexibility index (Phi) is 7.03. The van der Waals surface area contributed by atoms with E-state index in [9.17, 15) is 13.2 Å². The van der Waals surface area contributed by atoms with Gasteiger partial charge in [0.1, 0.15) is 0 Å². The van der Waals surface area contributed by atoms with Crippen LogP contribution in [0.15, 0.2) is 114 Å². The molecule has 0 fully saturated rings. The average Bonchev–Trinajstić information content (AvgIpc) is 3.35. The van der Waals surface area contributed by atoms with Crippen molar-refractivity contribution in [1.29, 1.82) is 0 Å². The summed E-state index contributed by atoms with van der Waals surface area (Å²) in [5.41, 5.74) is 4.02. The molecule has 0 spiro atoms. The zero-order valence-electron chi connectivity index (χ0n) is 19.9. The van der Waals surface area contributed by atoms with Crippen molar-refractivity contribution in [2.45, 2.75) is 17.2 Å². The number of carbonyl (C=O) groups excluding carboxylic acids is 1. The normalized spacial score (nSPS) is 12.7. The molecule has 1 aliphatic heterocycles. The summed E-state index contributed by atoms with van der Waals surface area (Å²) in [5, 5.41) is 5.90. The van der Waals surface area contributed by atoms with Crippen LogP contribution >= 0.6 is 12.2 Å². The van der Waals surface area contributed by atoms with Gasteiger partial charge in [-0.1, -0.05) is 78.9 Å². The number of para-hydroxylation sites is 1. The van der Waals surface area contributed by atoms with Crippen LogP contribution in [0, 0.1) is 0 Å². The van der Waals surface area contributed by atoms with Crippen molar-refractivity contribution >= 4 is 44.6 Å². The second-order valence-electron chi connectivity index (χ2n) is 8.68. The Hall–Kier alpha value is -4.01. The molecule has 1 heterocycles. The molecule has 8 heteroatoms. The third kappa shape index (κ3) is 5.26. The Balaban J connectivity index is 1.28. The minimum absolute atomic E-state index is 0.130. The molecule has 1 aliphatic rings. The van der Waals surface area contributed by atoms with Gasteiger partial charge in [-0.25, -0.2) is 8.42 Å². The van der Waals surface area contributed by atoms with Crippen molar-refractivity contribution in [2.24, 2.45) is 0 Å². The van der Waals surface area contributed by atoms with E-state index in [2.05, 4.69) is 10.6 Å². The first-order valence-electron chi connectivity index (χ1n) is 11.9. The van der Waals surface area contributed by atoms with Crippen molar-refractivity contribution < 1.29 is 13.2 Å². The summed E-state index contributed by atoms with van der Waals surface area (Å²) in [6.07, 6.45) is 0.690. The first-order chi connectivity index (χ1) is 17.9. The lowest BCUT2D eigenvalue weighted by Crippen LogP contribution is -2.37. The molecule has 37 heavy (non-hydrogen) atoms. The van der Waals surface area contributed by atoms with E-state index in [1.165, 1.54) is 4.31 Å². The van der Waals surface area contributed by atoms with E-state index in [-0.39, 0.29) is 15.9 Å². The van der Waals surface area contributed by atoms with Crippen LogP contribution in [-0.4, -0.2) is 26.0 Å². The molecule has 0 saturated heterocycles. The summed E-state index contributed by atoms with van der Waals surface area (Å²) in [6.45, 7) is 0.418. The number of hydrogen-bond donors (Lipinski definition) is 2. The van der Waals surface area contributed by atoms with Crippen LogP contribution in [0.25, 0.3) is 0 Å². The van der Waals surface area contributed by atoms with Gasteiger partial charge in [0, 0.05) is 12.2 Å². The second-order valence-corrected chi connectivity index (χ2v) is 10.9. The van der Waals surface area contributed by atoms with Gasteiger partial charge in [-0.2, -0.15) is 0 Å². The van der Waals surface area contributed by atoms with Gasteiger partial charge in [-0.15, -0.1) is 0 Å². The van der Waals surface area contributed by atoms with Crippen molar-refractivity contribution in [3.05, 3.63) is 126 Å². The van der Waals surface area contributed by atoms with E-state index in [0.717, 1.165) is 22.4 Å². The number of hydrogen-bond acceptors (Lipinski definition) is 4. The highest BCUT2D eigenvalue weighted by atomic mass is 32.2. The first kappa shape index (κ1) is 24.7. The molecule has 1 amide bonds. The summed E-state index contributed by atoms with van der Waals surface area (Å²) >= 11 is 5.40. The fourth-order valence-corrected chi connectivity index (χ4v) is 6.25. The number of nitrogens with one attached hydrogen (secondary N) is 2. The second kappa shape index (κ2) is 10.5. The molecule has 0 aliphatic carbocycles. The molecule has 2 N–H and O–H groups in total. The van der Waals surface area contributed by atoms with Gasteiger partial charge in [0.05, 0.1) is 16.5 Å². The number of carbonyl (C=O) groups is 1. The fraction of sp³-hybridized carbons (Fsp3) is 0.103. The Morgan fingerprint density at radius 1 is 0.784 bits per heavy atom. The minimum Gasteiger partial charge on any atom is -0.332 e. The Labute approximate surface area is 222 Å². The molecule has 186 valence electrons. The Bertz CT molecular complexity index is 1480. The Morgan fingerprint density at radius 2 is 1.35 bits per heavy atom. The molecule has 4 aromatic rings. The number of benzene rings is 4. The SMILES string of the molecule is O=C(NC(=S)Nc1ccc(S(=O)(=O)N2CCc3ccccc32)cc1)C(c1ccccc1)c1ccccc1. The molecule has 0 radical (unpaired) electrons. The third-order valence-electron chi connectivity index (χ3n) is 6.31. The molecular weight excluding hydrogens is 502 g/mol. The maximum Gasteiger partial charge on any atom is 0.264 e. The maximum absolute atomic E-state index is 13.3. The quantitative estimate of drug-likeness (QED) is 0.342. The largest absolute Gasteiger partial charge is 0.332 e. The van der Waals surface area contributed by atoms with Gasteiger partial charge >= 0.3 is 0 Å². The number of anilines is 2. The van der Waals surface area contributed by atoms with Crippen molar-refractivity contribution in [2.75, 3.05) is 16.2 Å². The topological polar surface area (TPSA) is 78.5 Å². The van der Waals surface area contributed by atoms with Gasteiger partial charge in [0.15, 0.2) is 5.11 Å². The average molecular weight is 528 g/mol. The highest BCUT2D eigenvalue weighted by Gasteiger charge is 2.30. The molecule has 5 rings (SSSR count). The molecule has 6 nitrogen and oxygen atoms in total. The smallest absolute Gasteiger partial charge is 0.264 e. The van der Waals surface area contributed by atoms with Gasteiger partial charge in [0.2, 0.25) is 5.91 Å². The first-order valence-corrected chi connectivity index (χ1v) is 13.7. The summed E-state index contributed by atoms with van der Waals surface area (Å²) in [7, 11) is -3.69. The van der Waals surface area contributed by atoms with Crippen LogP contribution < -0.4 is 14.9 Å². The van der Waals surface area contributed by atoms with Gasteiger partial charge in [0.25, 0.3) is 10.0 Å². The standard InChI is InChI=1S/C29H25N3O3S2/c33-28(27(22-10-3-1-4-11-22)23-12-5-2-6-13-23)31-29(36)30-24-15-17-25(18-16-24)37(34,35)32-20-19-21-9-7-8-14-26(21)32/h1-18,27H,19-20H2,(H2,30,31,33,36). The van der Waals surface area contributed by atoms with Crippen LogP contribution in [-0.2, 0) is 21.2 Å². The molecule has 0 atom stereocenters.